The Kier molecular flexibility index (Phi) is 46.9. The van der Waals surface area contributed by atoms with E-state index in [1.54, 1.807) is 6.08 Å². The lowest BCUT2D eigenvalue weighted by Gasteiger charge is -2.46. The first-order valence-corrected chi connectivity index (χ1v) is 32.9. The van der Waals surface area contributed by atoms with Crippen molar-refractivity contribution in [1.29, 1.82) is 0 Å². The van der Waals surface area contributed by atoms with Gasteiger partial charge < -0.3 is 65.1 Å². The molecule has 0 aromatic heterocycles. The van der Waals surface area contributed by atoms with Gasteiger partial charge in [-0.25, -0.2) is 0 Å². The van der Waals surface area contributed by atoms with Gasteiger partial charge in [-0.1, -0.05) is 283 Å². The molecule has 2 saturated heterocycles. The van der Waals surface area contributed by atoms with E-state index in [1.807, 2.05) is 6.08 Å². The number of aliphatic hydroxyl groups is 8. The topological polar surface area (TPSA) is 228 Å². The van der Waals surface area contributed by atoms with Crippen LogP contribution in [0, 0.1) is 0 Å². The van der Waals surface area contributed by atoms with Crippen LogP contribution in [0.5, 0.6) is 0 Å². The quantitative estimate of drug-likeness (QED) is 0.0204. The van der Waals surface area contributed by atoms with E-state index in [9.17, 15) is 45.6 Å². The molecule has 0 radical (unpaired) electrons. The SMILES string of the molecule is CCCCCCCCCCCCCCCCCCCCCC/C=C/C(O)C(COC1OC(CO)C(OC2OC(CO)C(O)C(O)C2O)C(O)C1O)NC(=O)CCCCCCCCCCCCCCCCCCCCCCCC. The van der Waals surface area contributed by atoms with Gasteiger partial charge in [0.15, 0.2) is 12.6 Å². The number of unbranched alkanes of at least 4 members (excludes halogenated alkanes) is 41. The Balaban J connectivity index is 1.72. The summed E-state index contributed by atoms with van der Waals surface area (Å²) in [5.41, 5.74) is 0. The minimum atomic E-state index is -1.79. The first-order chi connectivity index (χ1) is 38.1. The molecule has 2 rings (SSSR count). The normalized spacial score (nSPS) is 24.5. The zero-order valence-corrected chi connectivity index (χ0v) is 49.9. The predicted molar refractivity (Wildman–Crippen MR) is 314 cm³/mol. The second-order valence-corrected chi connectivity index (χ2v) is 23.6. The second-order valence-electron chi connectivity index (χ2n) is 23.6. The van der Waals surface area contributed by atoms with Crippen molar-refractivity contribution >= 4 is 5.91 Å². The van der Waals surface area contributed by atoms with E-state index in [0.717, 1.165) is 38.5 Å². The number of carbonyl (C=O) groups is 1. The van der Waals surface area contributed by atoms with Crippen molar-refractivity contribution in [3.05, 3.63) is 12.2 Å². The highest BCUT2D eigenvalue weighted by molar-refractivity contribution is 5.76. The Morgan fingerprint density at radius 3 is 1.18 bits per heavy atom. The maximum Gasteiger partial charge on any atom is 0.220 e. The van der Waals surface area contributed by atoms with E-state index >= 15 is 0 Å². The Morgan fingerprint density at radius 1 is 0.449 bits per heavy atom. The first kappa shape index (κ1) is 72.8. The number of carbonyl (C=O) groups excluding carboxylic acids is 1. The molecule has 2 aliphatic heterocycles. The van der Waals surface area contributed by atoms with E-state index in [0.29, 0.717) is 6.42 Å². The lowest BCUT2D eigenvalue weighted by Crippen LogP contribution is -2.65. The Morgan fingerprint density at radius 2 is 0.795 bits per heavy atom. The lowest BCUT2D eigenvalue weighted by atomic mass is 9.97. The molecule has 462 valence electrons. The van der Waals surface area contributed by atoms with Crippen molar-refractivity contribution in [1.82, 2.24) is 5.32 Å². The molecule has 0 aromatic carbocycles. The zero-order chi connectivity index (χ0) is 56.7. The molecular weight excluding hydrogens is 991 g/mol. The summed E-state index contributed by atoms with van der Waals surface area (Å²) in [5, 5.41) is 87.3. The van der Waals surface area contributed by atoms with Crippen LogP contribution >= 0.6 is 0 Å². The molecule has 0 aromatic rings. The highest BCUT2D eigenvalue weighted by atomic mass is 16.7. The molecular formula is C64H123NO13. The third-order valence-electron chi connectivity index (χ3n) is 16.5. The van der Waals surface area contributed by atoms with Gasteiger partial charge >= 0.3 is 0 Å². The number of hydrogen-bond acceptors (Lipinski definition) is 13. The number of allylic oxidation sites excluding steroid dienone is 1. The van der Waals surface area contributed by atoms with Gasteiger partial charge in [-0.15, -0.1) is 0 Å². The van der Waals surface area contributed by atoms with Crippen LogP contribution in [0.2, 0.25) is 0 Å². The van der Waals surface area contributed by atoms with Gasteiger partial charge in [-0.05, 0) is 19.3 Å². The monoisotopic (exact) mass is 1110 g/mol. The molecule has 9 N–H and O–H groups in total. The number of ether oxygens (including phenoxy) is 4. The summed E-state index contributed by atoms with van der Waals surface area (Å²) in [5.74, 6) is -0.232. The third kappa shape index (κ3) is 35.0. The van der Waals surface area contributed by atoms with E-state index in [4.69, 9.17) is 18.9 Å². The summed E-state index contributed by atoms with van der Waals surface area (Å²) < 4.78 is 22.8. The summed E-state index contributed by atoms with van der Waals surface area (Å²) in [6, 6.07) is -0.910. The molecule has 12 unspecified atom stereocenters. The summed E-state index contributed by atoms with van der Waals surface area (Å²) in [4.78, 5) is 13.3. The fourth-order valence-corrected chi connectivity index (χ4v) is 11.2. The fraction of sp³-hybridized carbons (Fsp3) is 0.953. The molecule has 2 fully saturated rings. The van der Waals surface area contributed by atoms with E-state index in [-0.39, 0.29) is 18.9 Å². The van der Waals surface area contributed by atoms with E-state index < -0.39 is 86.8 Å². The minimum absolute atomic E-state index is 0.232. The summed E-state index contributed by atoms with van der Waals surface area (Å²) in [7, 11) is 0. The second kappa shape index (κ2) is 50.3. The molecule has 0 saturated carbocycles. The summed E-state index contributed by atoms with van der Waals surface area (Å²) >= 11 is 0. The van der Waals surface area contributed by atoms with E-state index in [1.165, 1.54) is 231 Å². The van der Waals surface area contributed by atoms with E-state index in [2.05, 4.69) is 19.2 Å². The molecule has 12 atom stereocenters. The van der Waals surface area contributed by atoms with Crippen LogP contribution < -0.4 is 5.32 Å². The van der Waals surface area contributed by atoms with Gasteiger partial charge in [-0.3, -0.25) is 4.79 Å². The van der Waals surface area contributed by atoms with Crippen molar-refractivity contribution in [2.45, 2.75) is 370 Å². The molecule has 0 aliphatic carbocycles. The van der Waals surface area contributed by atoms with Crippen LogP contribution in [0.25, 0.3) is 0 Å². The molecule has 14 nitrogen and oxygen atoms in total. The molecule has 2 aliphatic rings. The van der Waals surface area contributed by atoms with Crippen LogP contribution in [0.1, 0.15) is 296 Å². The number of aliphatic hydroxyl groups excluding tert-OH is 8. The zero-order valence-electron chi connectivity index (χ0n) is 49.9. The molecule has 1 amide bonds. The van der Waals surface area contributed by atoms with Crippen molar-refractivity contribution in [2.75, 3.05) is 19.8 Å². The molecule has 2 heterocycles. The van der Waals surface area contributed by atoms with Gasteiger partial charge in [0.1, 0.15) is 48.8 Å². The number of hydrogen-bond donors (Lipinski definition) is 9. The predicted octanol–water partition coefficient (Wildman–Crippen LogP) is 12.2. The van der Waals surface area contributed by atoms with Crippen molar-refractivity contribution in [3.8, 4) is 0 Å². The Labute approximate surface area is 476 Å². The molecule has 0 bridgehead atoms. The summed E-state index contributed by atoms with van der Waals surface area (Å²) in [6.07, 6.45) is 42.5. The van der Waals surface area contributed by atoms with Crippen LogP contribution in [0.3, 0.4) is 0 Å². The molecule has 14 heteroatoms. The number of amides is 1. The van der Waals surface area contributed by atoms with Crippen LogP contribution in [-0.2, 0) is 23.7 Å². The van der Waals surface area contributed by atoms with Gasteiger partial charge in [0.2, 0.25) is 5.91 Å². The minimum Gasteiger partial charge on any atom is -0.394 e. The molecule has 0 spiro atoms. The Bertz CT molecular complexity index is 1360. The lowest BCUT2D eigenvalue weighted by molar-refractivity contribution is -0.359. The smallest absolute Gasteiger partial charge is 0.220 e. The maximum atomic E-state index is 13.3. The summed E-state index contributed by atoms with van der Waals surface area (Å²) in [6.45, 7) is 2.85. The largest absolute Gasteiger partial charge is 0.394 e. The fourth-order valence-electron chi connectivity index (χ4n) is 11.2. The Hall–Kier alpha value is -1.27. The van der Waals surface area contributed by atoms with Crippen molar-refractivity contribution < 1.29 is 64.6 Å². The van der Waals surface area contributed by atoms with Crippen molar-refractivity contribution in [2.24, 2.45) is 0 Å². The standard InChI is InChI=1S/C64H123NO13/c1-3-5-7-9-11-13-15-17-19-21-23-25-27-29-31-33-35-37-39-41-43-45-47-53(68)52(51-75-63-61(74)59(72)62(55(50-67)77-63)78-64-60(73)58(71)57(70)54(49-66)76-64)65-56(69)48-46-44-42-40-38-36-34-32-30-28-26-24-22-20-18-16-14-12-10-8-6-4-2/h45,47,52-55,57-64,66-68,70-74H,3-44,46,48-51H2,1-2H3,(H,65,69)/b47-45+. The highest BCUT2D eigenvalue weighted by Gasteiger charge is 2.51. The van der Waals surface area contributed by atoms with Crippen molar-refractivity contribution in [3.63, 3.8) is 0 Å². The maximum absolute atomic E-state index is 13.3. The first-order valence-electron chi connectivity index (χ1n) is 32.9. The molecule has 78 heavy (non-hydrogen) atoms. The highest BCUT2D eigenvalue weighted by Crippen LogP contribution is 2.30. The number of nitrogens with one attached hydrogen (secondary N) is 1. The van der Waals surface area contributed by atoms with Gasteiger partial charge in [0.25, 0.3) is 0 Å². The van der Waals surface area contributed by atoms with Gasteiger partial charge in [0.05, 0.1) is 32.0 Å². The van der Waals surface area contributed by atoms with Crippen LogP contribution in [0.15, 0.2) is 12.2 Å². The average Bonchev–Trinajstić information content (AvgIpc) is 3.48. The number of rotatable bonds is 54. The third-order valence-corrected chi connectivity index (χ3v) is 16.5. The van der Waals surface area contributed by atoms with Crippen LogP contribution in [-0.4, -0.2) is 140 Å². The van der Waals surface area contributed by atoms with Crippen LogP contribution in [0.4, 0.5) is 0 Å². The van der Waals surface area contributed by atoms with Gasteiger partial charge in [0, 0.05) is 6.42 Å². The average molecular weight is 1110 g/mol. The van der Waals surface area contributed by atoms with Gasteiger partial charge in [-0.2, -0.15) is 0 Å².